The molecule has 0 fully saturated rings. The van der Waals surface area contributed by atoms with Crippen molar-refractivity contribution in [1.82, 2.24) is 25.5 Å². The van der Waals surface area contributed by atoms with E-state index in [0.717, 1.165) is 5.76 Å². The molecule has 0 saturated carbocycles. The van der Waals surface area contributed by atoms with Gasteiger partial charge in [0.25, 0.3) is 0 Å². The highest BCUT2D eigenvalue weighted by Crippen LogP contribution is 2.26. The Morgan fingerprint density at radius 1 is 1.55 bits per heavy atom. The van der Waals surface area contributed by atoms with Gasteiger partial charge in [0.1, 0.15) is 30.0 Å². The number of aromatic nitrogens is 4. The maximum absolute atomic E-state index is 11.7. The standard InChI is InChI=1S/C12H17N5O3/c1-8-4-10(9(2)20-8)12(3,19)6-13-11(18)5-17-7-14-15-16-17/h4,7,19H,5-6H2,1-3H3,(H,13,18). The monoisotopic (exact) mass is 279 g/mol. The number of nitrogens with one attached hydrogen (secondary N) is 1. The van der Waals surface area contributed by atoms with Crippen LogP contribution in [0.25, 0.3) is 0 Å². The molecule has 0 saturated heterocycles. The fraction of sp³-hybridized carbons (Fsp3) is 0.500. The van der Waals surface area contributed by atoms with Crippen molar-refractivity contribution in [3.05, 3.63) is 29.5 Å². The first-order chi connectivity index (χ1) is 9.38. The number of hydrogen-bond acceptors (Lipinski definition) is 6. The Labute approximate surface area is 115 Å². The summed E-state index contributed by atoms with van der Waals surface area (Å²) in [6, 6.07) is 1.77. The van der Waals surface area contributed by atoms with Crippen molar-refractivity contribution in [2.75, 3.05) is 6.54 Å². The van der Waals surface area contributed by atoms with Gasteiger partial charge in [0.15, 0.2) is 0 Å². The molecular formula is C12H17N5O3. The summed E-state index contributed by atoms with van der Waals surface area (Å²) < 4.78 is 6.69. The van der Waals surface area contributed by atoms with E-state index >= 15 is 0 Å². The van der Waals surface area contributed by atoms with Crippen molar-refractivity contribution < 1.29 is 14.3 Å². The predicted octanol–water partition coefficient (Wildman–Crippen LogP) is -0.0932. The van der Waals surface area contributed by atoms with Crippen LogP contribution in [-0.2, 0) is 16.9 Å². The van der Waals surface area contributed by atoms with Crippen LogP contribution >= 0.6 is 0 Å². The molecule has 8 heteroatoms. The minimum Gasteiger partial charge on any atom is -0.466 e. The van der Waals surface area contributed by atoms with Crippen molar-refractivity contribution in [3.63, 3.8) is 0 Å². The minimum atomic E-state index is -1.20. The van der Waals surface area contributed by atoms with Crippen LogP contribution in [-0.4, -0.2) is 37.8 Å². The van der Waals surface area contributed by atoms with Crippen molar-refractivity contribution >= 4 is 5.91 Å². The molecule has 108 valence electrons. The number of nitrogens with zero attached hydrogens (tertiary/aromatic N) is 4. The van der Waals surface area contributed by atoms with E-state index in [2.05, 4.69) is 20.8 Å². The average Bonchev–Trinajstić information content (AvgIpc) is 2.97. The highest BCUT2D eigenvalue weighted by atomic mass is 16.3. The molecule has 2 aromatic rings. The van der Waals surface area contributed by atoms with Gasteiger partial charge in [0.2, 0.25) is 5.91 Å². The van der Waals surface area contributed by atoms with E-state index in [1.165, 1.54) is 11.0 Å². The molecule has 1 amide bonds. The third-order valence-electron chi connectivity index (χ3n) is 2.95. The van der Waals surface area contributed by atoms with Gasteiger partial charge >= 0.3 is 0 Å². The van der Waals surface area contributed by atoms with E-state index in [9.17, 15) is 9.90 Å². The van der Waals surface area contributed by atoms with Gasteiger partial charge in [0.05, 0.1) is 6.54 Å². The molecule has 2 aromatic heterocycles. The zero-order chi connectivity index (χ0) is 14.8. The normalized spacial score (nSPS) is 14.0. The Morgan fingerprint density at radius 3 is 2.85 bits per heavy atom. The SMILES string of the molecule is Cc1cc(C(C)(O)CNC(=O)Cn2cnnn2)c(C)o1. The van der Waals surface area contributed by atoms with Gasteiger partial charge in [-0.1, -0.05) is 0 Å². The first-order valence-electron chi connectivity index (χ1n) is 6.16. The summed E-state index contributed by atoms with van der Waals surface area (Å²) in [5.41, 5.74) is -0.532. The number of tetrazole rings is 1. The maximum Gasteiger partial charge on any atom is 0.241 e. The summed E-state index contributed by atoms with van der Waals surface area (Å²) in [6.07, 6.45) is 1.35. The van der Waals surface area contributed by atoms with Crippen LogP contribution in [0.4, 0.5) is 0 Å². The van der Waals surface area contributed by atoms with Crippen LogP contribution < -0.4 is 5.32 Å². The number of carbonyl (C=O) groups is 1. The Balaban J connectivity index is 1.95. The second kappa shape index (κ2) is 5.41. The summed E-state index contributed by atoms with van der Waals surface area (Å²) in [7, 11) is 0. The molecular weight excluding hydrogens is 262 g/mol. The number of furan rings is 1. The van der Waals surface area contributed by atoms with Crippen LogP contribution in [0.1, 0.15) is 24.0 Å². The lowest BCUT2D eigenvalue weighted by Gasteiger charge is -2.23. The molecule has 0 aliphatic carbocycles. The van der Waals surface area contributed by atoms with Crippen LogP contribution in [0.3, 0.4) is 0 Å². The van der Waals surface area contributed by atoms with E-state index in [1.54, 1.807) is 19.9 Å². The first kappa shape index (κ1) is 14.2. The molecule has 0 spiro atoms. The lowest BCUT2D eigenvalue weighted by molar-refractivity contribution is -0.123. The van der Waals surface area contributed by atoms with Crippen molar-refractivity contribution in [2.24, 2.45) is 0 Å². The number of aliphatic hydroxyl groups is 1. The molecule has 20 heavy (non-hydrogen) atoms. The van der Waals surface area contributed by atoms with E-state index in [1.807, 2.05) is 6.92 Å². The lowest BCUT2D eigenvalue weighted by Crippen LogP contribution is -2.40. The summed E-state index contributed by atoms with van der Waals surface area (Å²) in [5.74, 6) is 1.08. The fourth-order valence-corrected chi connectivity index (χ4v) is 1.99. The van der Waals surface area contributed by atoms with Crippen LogP contribution in [0.5, 0.6) is 0 Å². The van der Waals surface area contributed by atoms with Crippen LogP contribution in [0.15, 0.2) is 16.8 Å². The Kier molecular flexibility index (Phi) is 3.84. The van der Waals surface area contributed by atoms with Crippen molar-refractivity contribution in [1.29, 1.82) is 0 Å². The predicted molar refractivity (Wildman–Crippen MR) is 68.6 cm³/mol. The second-order valence-electron chi connectivity index (χ2n) is 4.88. The zero-order valence-corrected chi connectivity index (χ0v) is 11.6. The van der Waals surface area contributed by atoms with Gasteiger partial charge in [-0.05, 0) is 37.3 Å². The Morgan fingerprint density at radius 2 is 2.30 bits per heavy atom. The molecule has 2 N–H and O–H groups in total. The lowest BCUT2D eigenvalue weighted by atomic mass is 9.96. The molecule has 0 aromatic carbocycles. The number of carbonyl (C=O) groups excluding carboxylic acids is 1. The van der Waals surface area contributed by atoms with Gasteiger partial charge in [-0.15, -0.1) is 5.10 Å². The van der Waals surface area contributed by atoms with E-state index in [4.69, 9.17) is 4.42 Å². The molecule has 1 atom stereocenters. The van der Waals surface area contributed by atoms with Crippen molar-refractivity contribution in [2.45, 2.75) is 32.9 Å². The van der Waals surface area contributed by atoms with Crippen LogP contribution in [0, 0.1) is 13.8 Å². The van der Waals surface area contributed by atoms with Crippen LogP contribution in [0.2, 0.25) is 0 Å². The molecule has 8 nitrogen and oxygen atoms in total. The van der Waals surface area contributed by atoms with Gasteiger partial charge in [-0.2, -0.15) is 0 Å². The third-order valence-corrected chi connectivity index (χ3v) is 2.95. The zero-order valence-electron chi connectivity index (χ0n) is 11.6. The first-order valence-corrected chi connectivity index (χ1v) is 6.16. The van der Waals surface area contributed by atoms with E-state index in [0.29, 0.717) is 11.3 Å². The molecule has 2 rings (SSSR count). The Bertz CT molecular complexity index is 588. The number of amides is 1. The fourth-order valence-electron chi connectivity index (χ4n) is 1.99. The van der Waals surface area contributed by atoms with Gasteiger partial charge < -0.3 is 14.8 Å². The molecule has 0 radical (unpaired) electrons. The molecule has 2 heterocycles. The molecule has 0 aliphatic rings. The molecule has 0 aliphatic heterocycles. The molecule has 1 unspecified atom stereocenters. The number of rotatable bonds is 5. The maximum atomic E-state index is 11.7. The quantitative estimate of drug-likeness (QED) is 0.792. The highest BCUT2D eigenvalue weighted by Gasteiger charge is 2.28. The molecule has 0 bridgehead atoms. The number of hydrogen-bond donors (Lipinski definition) is 2. The smallest absolute Gasteiger partial charge is 0.241 e. The van der Waals surface area contributed by atoms with Gasteiger partial charge in [0, 0.05) is 5.56 Å². The summed E-state index contributed by atoms with van der Waals surface area (Å²) in [5, 5.41) is 23.5. The van der Waals surface area contributed by atoms with Gasteiger partial charge in [-0.3, -0.25) is 4.79 Å². The largest absolute Gasteiger partial charge is 0.466 e. The van der Waals surface area contributed by atoms with E-state index < -0.39 is 5.60 Å². The van der Waals surface area contributed by atoms with Gasteiger partial charge in [-0.25, -0.2) is 4.68 Å². The van der Waals surface area contributed by atoms with Crippen molar-refractivity contribution in [3.8, 4) is 0 Å². The summed E-state index contributed by atoms with van der Waals surface area (Å²) in [6.45, 7) is 5.30. The Hall–Kier alpha value is -2.22. The highest BCUT2D eigenvalue weighted by molar-refractivity contribution is 5.75. The summed E-state index contributed by atoms with van der Waals surface area (Å²) >= 11 is 0. The second-order valence-corrected chi connectivity index (χ2v) is 4.88. The third kappa shape index (κ3) is 3.21. The minimum absolute atomic E-state index is 0.00643. The summed E-state index contributed by atoms with van der Waals surface area (Å²) in [4.78, 5) is 11.7. The van der Waals surface area contributed by atoms with E-state index in [-0.39, 0.29) is 19.0 Å². The topological polar surface area (TPSA) is 106 Å². The average molecular weight is 279 g/mol. The number of aryl methyl sites for hydroxylation is 2.